The van der Waals surface area contributed by atoms with Crippen molar-refractivity contribution >= 4 is 27.7 Å². The van der Waals surface area contributed by atoms with E-state index in [9.17, 15) is 9.59 Å². The van der Waals surface area contributed by atoms with Crippen molar-refractivity contribution in [2.24, 2.45) is 17.3 Å². The first-order valence-electron chi connectivity index (χ1n) is 10.9. The average molecular weight is 456 g/mol. The molecule has 1 heterocycles. The van der Waals surface area contributed by atoms with Crippen molar-refractivity contribution in [3.8, 4) is 0 Å². The lowest BCUT2D eigenvalue weighted by Crippen LogP contribution is -2.61. The molecule has 0 radical (unpaired) electrons. The van der Waals surface area contributed by atoms with Crippen molar-refractivity contribution < 1.29 is 14.3 Å². The van der Waals surface area contributed by atoms with Crippen LogP contribution in [0.5, 0.6) is 0 Å². The summed E-state index contributed by atoms with van der Waals surface area (Å²) in [6, 6.07) is 0. The highest BCUT2D eigenvalue weighted by Crippen LogP contribution is 2.64. The van der Waals surface area contributed by atoms with E-state index in [4.69, 9.17) is 4.74 Å². The molecular formula is C21H34BrN3O3. The van der Waals surface area contributed by atoms with Crippen LogP contribution >= 0.6 is 15.9 Å². The number of halogens is 1. The number of hydrogen-bond donors (Lipinski definition) is 1. The first-order valence-corrected chi connectivity index (χ1v) is 11.7. The number of carbonyl (C=O) groups excluding carboxylic acids is 2. The molecule has 4 saturated carbocycles. The SMILES string of the molecule is COCCCNC(=O)CN1CCN(C(=O)C23CC4CC(CC(Br)(C4)C2)C3)CC1. The molecule has 5 rings (SSSR count). The van der Waals surface area contributed by atoms with Crippen LogP contribution in [-0.4, -0.2) is 78.9 Å². The number of ether oxygens (including phenoxy) is 1. The highest BCUT2D eigenvalue weighted by Gasteiger charge is 2.60. The van der Waals surface area contributed by atoms with Crippen molar-refractivity contribution in [1.82, 2.24) is 15.1 Å². The molecule has 5 fully saturated rings. The Kier molecular flexibility index (Phi) is 6.05. The van der Waals surface area contributed by atoms with Crippen LogP contribution in [0.4, 0.5) is 0 Å². The zero-order valence-corrected chi connectivity index (χ0v) is 18.6. The molecule has 0 aromatic carbocycles. The van der Waals surface area contributed by atoms with Gasteiger partial charge in [-0.05, 0) is 56.8 Å². The summed E-state index contributed by atoms with van der Waals surface area (Å²) in [5.41, 5.74) is -0.117. The van der Waals surface area contributed by atoms with Gasteiger partial charge in [0.15, 0.2) is 0 Å². The molecule has 7 heteroatoms. The minimum absolute atomic E-state index is 0.0678. The molecule has 28 heavy (non-hydrogen) atoms. The third kappa shape index (κ3) is 4.26. The first-order chi connectivity index (χ1) is 13.4. The first kappa shape index (κ1) is 20.6. The van der Waals surface area contributed by atoms with Gasteiger partial charge in [0.1, 0.15) is 0 Å². The van der Waals surface area contributed by atoms with Crippen LogP contribution in [0.1, 0.15) is 44.9 Å². The summed E-state index contributed by atoms with van der Waals surface area (Å²) in [7, 11) is 1.67. The molecule has 1 N–H and O–H groups in total. The second kappa shape index (κ2) is 8.23. The Morgan fingerprint density at radius 3 is 2.39 bits per heavy atom. The van der Waals surface area contributed by atoms with E-state index in [1.165, 1.54) is 19.3 Å². The average Bonchev–Trinajstić information content (AvgIpc) is 2.63. The Hall–Kier alpha value is -0.660. The van der Waals surface area contributed by atoms with Crippen LogP contribution in [0, 0.1) is 17.3 Å². The van der Waals surface area contributed by atoms with Crippen LogP contribution < -0.4 is 5.32 Å². The molecule has 4 aliphatic carbocycles. The van der Waals surface area contributed by atoms with Crippen molar-refractivity contribution in [2.75, 3.05) is 53.0 Å². The fraction of sp³-hybridized carbons (Fsp3) is 0.905. The molecule has 1 saturated heterocycles. The van der Waals surface area contributed by atoms with Gasteiger partial charge in [-0.1, -0.05) is 15.9 Å². The summed E-state index contributed by atoms with van der Waals surface area (Å²) in [6.45, 7) is 4.84. The molecule has 0 aromatic heterocycles. The molecular weight excluding hydrogens is 422 g/mol. The Labute approximate surface area is 176 Å². The summed E-state index contributed by atoms with van der Waals surface area (Å²) < 4.78 is 5.22. The molecule has 6 nitrogen and oxygen atoms in total. The van der Waals surface area contributed by atoms with E-state index in [0.29, 0.717) is 25.6 Å². The van der Waals surface area contributed by atoms with Crippen molar-refractivity contribution in [2.45, 2.75) is 49.3 Å². The van der Waals surface area contributed by atoms with Crippen LogP contribution in [-0.2, 0) is 14.3 Å². The monoisotopic (exact) mass is 455 g/mol. The summed E-state index contributed by atoms with van der Waals surface area (Å²) >= 11 is 4.02. The maximum Gasteiger partial charge on any atom is 0.234 e. The second-order valence-electron chi connectivity index (χ2n) is 9.66. The highest BCUT2D eigenvalue weighted by atomic mass is 79.9. The topological polar surface area (TPSA) is 61.9 Å². The van der Waals surface area contributed by atoms with E-state index in [-0.39, 0.29) is 15.6 Å². The quantitative estimate of drug-likeness (QED) is 0.471. The van der Waals surface area contributed by atoms with Gasteiger partial charge < -0.3 is 15.0 Å². The number of rotatable bonds is 7. The zero-order chi connectivity index (χ0) is 19.8. The van der Waals surface area contributed by atoms with E-state index >= 15 is 0 Å². The Bertz CT molecular complexity index is 592. The van der Waals surface area contributed by atoms with E-state index in [1.54, 1.807) is 7.11 Å². The van der Waals surface area contributed by atoms with Crippen molar-refractivity contribution in [3.63, 3.8) is 0 Å². The van der Waals surface area contributed by atoms with Gasteiger partial charge >= 0.3 is 0 Å². The van der Waals surface area contributed by atoms with E-state index in [0.717, 1.165) is 63.7 Å². The Balaban J connectivity index is 1.26. The fourth-order valence-electron chi connectivity index (χ4n) is 6.55. The molecule has 5 aliphatic rings. The van der Waals surface area contributed by atoms with Gasteiger partial charge in [-0.2, -0.15) is 0 Å². The lowest BCUT2D eigenvalue weighted by Gasteiger charge is -2.60. The number of carbonyl (C=O) groups is 2. The summed E-state index contributed by atoms with van der Waals surface area (Å²) in [5.74, 6) is 1.92. The number of piperazine rings is 1. The highest BCUT2D eigenvalue weighted by molar-refractivity contribution is 9.10. The molecule has 0 spiro atoms. The van der Waals surface area contributed by atoms with Crippen LogP contribution in [0.15, 0.2) is 0 Å². The standard InChI is InChI=1S/C21H34BrN3O3/c1-28-8-2-3-23-18(26)14-24-4-6-25(7-5-24)19(27)20-10-16-9-17(11-20)13-21(22,12-16)15-20/h16-17H,2-15H2,1H3,(H,23,26). The Morgan fingerprint density at radius 1 is 1.11 bits per heavy atom. The smallest absolute Gasteiger partial charge is 0.234 e. The van der Waals surface area contributed by atoms with Gasteiger partial charge in [-0.3, -0.25) is 14.5 Å². The largest absolute Gasteiger partial charge is 0.385 e. The summed E-state index contributed by atoms with van der Waals surface area (Å²) in [6.07, 6.45) is 7.90. The third-order valence-electron chi connectivity index (χ3n) is 7.32. The predicted octanol–water partition coefficient (Wildman–Crippen LogP) is 2.02. The van der Waals surface area contributed by atoms with Gasteiger partial charge in [-0.15, -0.1) is 0 Å². The third-order valence-corrected chi connectivity index (χ3v) is 8.25. The van der Waals surface area contributed by atoms with Gasteiger partial charge in [0.05, 0.1) is 12.0 Å². The minimum Gasteiger partial charge on any atom is -0.385 e. The number of nitrogens with one attached hydrogen (secondary N) is 1. The lowest BCUT2D eigenvalue weighted by atomic mass is 9.49. The maximum atomic E-state index is 13.5. The molecule has 1 aliphatic heterocycles. The lowest BCUT2D eigenvalue weighted by molar-refractivity contribution is -0.157. The number of methoxy groups -OCH3 is 1. The summed E-state index contributed by atoms with van der Waals surface area (Å²) in [5, 5.41) is 2.95. The molecule has 4 bridgehead atoms. The Morgan fingerprint density at radius 2 is 1.79 bits per heavy atom. The van der Waals surface area contributed by atoms with Crippen LogP contribution in [0.3, 0.4) is 0 Å². The maximum absolute atomic E-state index is 13.5. The number of amides is 2. The van der Waals surface area contributed by atoms with Crippen molar-refractivity contribution in [1.29, 1.82) is 0 Å². The predicted molar refractivity (Wildman–Crippen MR) is 111 cm³/mol. The van der Waals surface area contributed by atoms with Crippen LogP contribution in [0.2, 0.25) is 0 Å². The van der Waals surface area contributed by atoms with Gasteiger partial charge in [0.2, 0.25) is 11.8 Å². The number of nitrogens with zero attached hydrogens (tertiary/aromatic N) is 2. The van der Waals surface area contributed by atoms with E-state index in [1.807, 2.05) is 0 Å². The summed E-state index contributed by atoms with van der Waals surface area (Å²) in [4.78, 5) is 29.9. The van der Waals surface area contributed by atoms with E-state index in [2.05, 4.69) is 31.0 Å². The van der Waals surface area contributed by atoms with Crippen LogP contribution in [0.25, 0.3) is 0 Å². The van der Waals surface area contributed by atoms with Gasteiger partial charge in [-0.25, -0.2) is 0 Å². The van der Waals surface area contributed by atoms with Gasteiger partial charge in [0.25, 0.3) is 0 Å². The zero-order valence-electron chi connectivity index (χ0n) is 17.1. The number of alkyl halides is 1. The molecule has 2 amide bonds. The molecule has 2 unspecified atom stereocenters. The molecule has 0 aromatic rings. The van der Waals surface area contributed by atoms with Gasteiger partial charge in [0, 0.05) is 50.8 Å². The normalized spacial score (nSPS) is 37.3. The number of hydrogen-bond acceptors (Lipinski definition) is 4. The minimum atomic E-state index is -0.117. The second-order valence-corrected chi connectivity index (χ2v) is 11.3. The molecule has 158 valence electrons. The molecule has 2 atom stereocenters. The van der Waals surface area contributed by atoms with Crippen molar-refractivity contribution in [3.05, 3.63) is 0 Å². The van der Waals surface area contributed by atoms with E-state index < -0.39 is 0 Å². The fourth-order valence-corrected chi connectivity index (χ4v) is 8.00.